The van der Waals surface area contributed by atoms with E-state index in [0.717, 1.165) is 69.7 Å². The smallest absolute Gasteiger partial charge is 0.229 e. The van der Waals surface area contributed by atoms with Gasteiger partial charge in [0.1, 0.15) is 17.1 Å². The maximum absolute atomic E-state index is 12.3. The van der Waals surface area contributed by atoms with Gasteiger partial charge in [0.15, 0.2) is 0 Å². The minimum Gasteiger partial charge on any atom is -0.495 e. The van der Waals surface area contributed by atoms with Crippen molar-refractivity contribution in [2.45, 2.75) is 51.0 Å². The molecule has 0 amide bonds. The van der Waals surface area contributed by atoms with Gasteiger partial charge in [0.05, 0.1) is 47.0 Å². The number of hydrogen-bond acceptors (Lipinski definition) is 12. The number of fused-ring (bicyclic) bond motifs is 1. The fourth-order valence-corrected chi connectivity index (χ4v) is 7.88. The number of sulfonamides is 1. The average Bonchev–Trinajstić information content (AvgIpc) is 3.10. The van der Waals surface area contributed by atoms with Crippen molar-refractivity contribution < 1.29 is 18.3 Å². The highest BCUT2D eigenvalue weighted by Gasteiger charge is 2.30. The molecule has 2 saturated heterocycles. The minimum atomic E-state index is -3.62. The van der Waals surface area contributed by atoms with Gasteiger partial charge >= 0.3 is 0 Å². The van der Waals surface area contributed by atoms with Crippen LogP contribution in [-0.4, -0.2) is 102 Å². The molecular formula is C34H44BrN9O4S. The van der Waals surface area contributed by atoms with E-state index in [1.165, 1.54) is 30.2 Å². The Morgan fingerprint density at radius 2 is 1.76 bits per heavy atom. The quantitative estimate of drug-likeness (QED) is 0.149. The molecule has 2 aliphatic rings. The third kappa shape index (κ3) is 8.40. The largest absolute Gasteiger partial charge is 0.495 e. The Morgan fingerprint density at radius 3 is 2.45 bits per heavy atom. The Hall–Kier alpha value is -3.63. The fourth-order valence-electron chi connectivity index (χ4n) is 7.01. The molecule has 0 radical (unpaired) electrons. The second-order valence-electron chi connectivity index (χ2n) is 12.6. The van der Waals surface area contributed by atoms with Gasteiger partial charge in [-0.2, -0.15) is 4.98 Å². The van der Waals surface area contributed by atoms with Crippen molar-refractivity contribution in [3.63, 3.8) is 0 Å². The number of β-amino-alcohol motifs (C(OH)–C–C–N with tert-alkyl or cyclic N) is 1. The molecule has 6 rings (SSSR count). The van der Waals surface area contributed by atoms with E-state index in [2.05, 4.69) is 75.1 Å². The number of ether oxygens (including phenoxy) is 1. The average molecular weight is 755 g/mol. The number of anilines is 5. The van der Waals surface area contributed by atoms with Gasteiger partial charge in [-0.15, -0.1) is 0 Å². The highest BCUT2D eigenvalue weighted by molar-refractivity contribution is 9.10. The molecule has 2 aliphatic heterocycles. The summed E-state index contributed by atoms with van der Waals surface area (Å²) in [5.41, 5.74) is 5.05. The summed E-state index contributed by atoms with van der Waals surface area (Å²) in [6, 6.07) is 8.44. The van der Waals surface area contributed by atoms with Gasteiger partial charge in [-0.05, 0) is 116 Å². The standard InChI is InChI=1S/C34H44BrN9O4S/c1-4-22-19-29(30(48-2)20-25(22)23-7-15-44(16-8-23)24-9-13-43(14-10-24)17-18-45)40-34-38-21-26(35)33(41-34)39-28-6-5-27-31(37-12-11-36-27)32(28)42-49(3,46)47/h5-6,11-12,19-21,23-24,42,45H,4,7-10,13-18H2,1-3H3,(H2,38,39,40,41). The Kier molecular flexibility index (Phi) is 11.1. The molecule has 0 saturated carbocycles. The molecule has 0 spiro atoms. The van der Waals surface area contributed by atoms with Crippen LogP contribution < -0.4 is 20.1 Å². The molecule has 15 heteroatoms. The van der Waals surface area contributed by atoms with E-state index in [4.69, 9.17) is 9.72 Å². The number of aryl methyl sites for hydroxylation is 1. The fraction of sp³-hybridized carbons (Fsp3) is 0.471. The molecule has 2 aromatic heterocycles. The van der Waals surface area contributed by atoms with Crippen molar-refractivity contribution in [3.8, 4) is 5.75 Å². The Morgan fingerprint density at radius 1 is 1.00 bits per heavy atom. The van der Waals surface area contributed by atoms with Crippen molar-refractivity contribution in [1.29, 1.82) is 0 Å². The number of aliphatic hydroxyl groups excluding tert-OH is 1. The zero-order valence-corrected chi connectivity index (χ0v) is 30.5. The third-order valence-electron chi connectivity index (χ3n) is 9.47. The summed E-state index contributed by atoms with van der Waals surface area (Å²) in [5.74, 6) is 1.95. The molecule has 4 N–H and O–H groups in total. The van der Waals surface area contributed by atoms with Crippen LogP contribution in [0, 0.1) is 0 Å². The van der Waals surface area contributed by atoms with Crippen LogP contribution in [0.3, 0.4) is 0 Å². The summed E-state index contributed by atoms with van der Waals surface area (Å²) in [4.78, 5) is 22.9. The molecule has 13 nitrogen and oxygen atoms in total. The van der Waals surface area contributed by atoms with Crippen LogP contribution in [0.2, 0.25) is 0 Å². The van der Waals surface area contributed by atoms with Gasteiger partial charge in [-0.25, -0.2) is 13.4 Å². The first-order valence-corrected chi connectivity index (χ1v) is 19.4. The lowest BCUT2D eigenvalue weighted by molar-refractivity contribution is 0.0793. The molecule has 0 unspecified atom stereocenters. The number of aliphatic hydroxyl groups is 1. The number of likely N-dealkylation sites (tertiary alicyclic amines) is 2. The molecule has 4 heterocycles. The van der Waals surface area contributed by atoms with Gasteiger partial charge in [-0.1, -0.05) is 6.92 Å². The first-order valence-electron chi connectivity index (χ1n) is 16.7. The molecule has 49 heavy (non-hydrogen) atoms. The zero-order valence-electron chi connectivity index (χ0n) is 28.1. The van der Waals surface area contributed by atoms with Crippen LogP contribution in [0.25, 0.3) is 11.0 Å². The summed E-state index contributed by atoms with van der Waals surface area (Å²) in [6.07, 6.45) is 11.2. The SMILES string of the molecule is CCc1cc(Nc2ncc(Br)c(Nc3ccc4nccnc4c3NS(C)(=O)=O)n2)c(OC)cc1C1CCN(C2CCN(CCO)CC2)CC1. The zero-order chi connectivity index (χ0) is 34.5. The van der Waals surface area contributed by atoms with Crippen LogP contribution >= 0.6 is 15.9 Å². The summed E-state index contributed by atoms with van der Waals surface area (Å²) >= 11 is 3.53. The molecule has 2 aromatic carbocycles. The van der Waals surface area contributed by atoms with E-state index in [1.807, 2.05) is 0 Å². The summed E-state index contributed by atoms with van der Waals surface area (Å²) in [6.45, 7) is 7.51. The van der Waals surface area contributed by atoms with Gasteiger partial charge in [-0.3, -0.25) is 14.7 Å². The highest BCUT2D eigenvalue weighted by atomic mass is 79.9. The monoisotopic (exact) mass is 753 g/mol. The van der Waals surface area contributed by atoms with Crippen LogP contribution in [0.15, 0.2) is 47.3 Å². The molecule has 4 aromatic rings. The van der Waals surface area contributed by atoms with Crippen molar-refractivity contribution in [2.24, 2.45) is 0 Å². The lowest BCUT2D eigenvalue weighted by atomic mass is 9.84. The van der Waals surface area contributed by atoms with E-state index in [1.54, 1.807) is 31.6 Å². The van der Waals surface area contributed by atoms with Crippen LogP contribution in [0.4, 0.5) is 28.8 Å². The Balaban J connectivity index is 1.19. The van der Waals surface area contributed by atoms with Crippen molar-refractivity contribution in [3.05, 3.63) is 58.5 Å². The van der Waals surface area contributed by atoms with E-state index < -0.39 is 10.0 Å². The lowest BCUT2D eigenvalue weighted by Crippen LogP contribution is -2.48. The van der Waals surface area contributed by atoms with Crippen LogP contribution in [-0.2, 0) is 16.4 Å². The number of hydrogen-bond donors (Lipinski definition) is 4. The number of nitrogens with one attached hydrogen (secondary N) is 3. The first-order chi connectivity index (χ1) is 23.6. The number of nitrogens with zero attached hydrogens (tertiary/aromatic N) is 6. The number of aromatic nitrogens is 4. The molecule has 0 atom stereocenters. The van der Waals surface area contributed by atoms with Crippen LogP contribution in [0.5, 0.6) is 5.75 Å². The first kappa shape index (κ1) is 35.2. The summed E-state index contributed by atoms with van der Waals surface area (Å²) < 4.78 is 33.6. The van der Waals surface area contributed by atoms with Crippen molar-refractivity contribution >= 4 is 65.8 Å². The van der Waals surface area contributed by atoms with Crippen LogP contribution in [0.1, 0.15) is 49.7 Å². The van der Waals surface area contributed by atoms with E-state index >= 15 is 0 Å². The van der Waals surface area contributed by atoms with Crippen molar-refractivity contribution in [2.75, 3.05) is 68.1 Å². The van der Waals surface area contributed by atoms with E-state index in [9.17, 15) is 13.5 Å². The van der Waals surface area contributed by atoms with Gasteiger partial charge in [0, 0.05) is 31.2 Å². The summed E-state index contributed by atoms with van der Waals surface area (Å²) in [5, 5.41) is 15.9. The third-order valence-corrected chi connectivity index (χ3v) is 10.6. The highest BCUT2D eigenvalue weighted by Crippen LogP contribution is 2.39. The van der Waals surface area contributed by atoms with Gasteiger partial charge in [0.25, 0.3) is 0 Å². The second-order valence-corrected chi connectivity index (χ2v) is 15.2. The lowest BCUT2D eigenvalue weighted by Gasteiger charge is -2.42. The molecular weight excluding hydrogens is 710 g/mol. The van der Waals surface area contributed by atoms with Gasteiger partial charge < -0.3 is 30.3 Å². The number of rotatable bonds is 12. The van der Waals surface area contributed by atoms with Crippen molar-refractivity contribution in [1.82, 2.24) is 29.7 Å². The summed E-state index contributed by atoms with van der Waals surface area (Å²) in [7, 11) is -1.94. The number of methoxy groups -OCH3 is 1. The number of benzene rings is 2. The molecule has 262 valence electrons. The molecule has 0 aliphatic carbocycles. The predicted molar refractivity (Wildman–Crippen MR) is 197 cm³/mol. The minimum absolute atomic E-state index is 0.234. The molecule has 2 fully saturated rings. The second kappa shape index (κ2) is 15.5. The van der Waals surface area contributed by atoms with Gasteiger partial charge in [0.2, 0.25) is 16.0 Å². The maximum Gasteiger partial charge on any atom is 0.229 e. The Bertz CT molecular complexity index is 1880. The topological polar surface area (TPSA) is 158 Å². The van der Waals surface area contributed by atoms with E-state index in [-0.39, 0.29) is 12.3 Å². The maximum atomic E-state index is 12.3. The number of piperidine rings is 2. The number of halogens is 1. The predicted octanol–water partition coefficient (Wildman–Crippen LogP) is 5.25. The normalized spacial score (nSPS) is 16.9. The Labute approximate surface area is 296 Å². The van der Waals surface area contributed by atoms with E-state index in [0.29, 0.717) is 44.9 Å². The molecule has 0 bridgehead atoms.